The molecule has 1 rings (SSSR count). The quantitative estimate of drug-likeness (QED) is 0.679. The number of carbonyl (C=O) groups is 1. The van der Waals surface area contributed by atoms with Crippen LogP contribution in [0.5, 0.6) is 5.88 Å². The van der Waals surface area contributed by atoms with Gasteiger partial charge in [-0.15, -0.1) is 0 Å². The molecule has 1 aromatic rings. The van der Waals surface area contributed by atoms with Crippen LogP contribution in [0.1, 0.15) is 13.8 Å². The fourth-order valence-corrected chi connectivity index (χ4v) is 1.07. The lowest BCUT2D eigenvalue weighted by atomic mass is 10.1. The lowest BCUT2D eigenvalue weighted by molar-refractivity contribution is -0.155. The van der Waals surface area contributed by atoms with Gasteiger partial charge in [0, 0.05) is 6.07 Å². The van der Waals surface area contributed by atoms with Crippen LogP contribution in [-0.4, -0.2) is 39.9 Å². The SMILES string of the molecule is CCOc1ccc(NCC(C)(O)C(=O)O)cn1. The first-order chi connectivity index (χ1) is 7.95. The number of carboxylic acids is 1. The van der Waals surface area contributed by atoms with E-state index in [2.05, 4.69) is 10.3 Å². The van der Waals surface area contributed by atoms with Crippen molar-refractivity contribution in [2.24, 2.45) is 0 Å². The number of aliphatic hydroxyl groups is 1. The molecule has 0 saturated heterocycles. The number of anilines is 1. The first-order valence-electron chi connectivity index (χ1n) is 5.24. The van der Waals surface area contributed by atoms with Gasteiger partial charge >= 0.3 is 5.97 Å². The van der Waals surface area contributed by atoms with E-state index < -0.39 is 11.6 Å². The maximum atomic E-state index is 10.7. The molecule has 0 saturated carbocycles. The van der Waals surface area contributed by atoms with E-state index in [9.17, 15) is 9.90 Å². The van der Waals surface area contributed by atoms with Crippen LogP contribution in [0.25, 0.3) is 0 Å². The van der Waals surface area contributed by atoms with Crippen molar-refractivity contribution in [3.63, 3.8) is 0 Å². The monoisotopic (exact) mass is 240 g/mol. The molecule has 1 aromatic heterocycles. The number of hydrogen-bond donors (Lipinski definition) is 3. The molecule has 6 heteroatoms. The highest BCUT2D eigenvalue weighted by molar-refractivity contribution is 5.77. The molecule has 1 unspecified atom stereocenters. The Hall–Kier alpha value is -1.82. The predicted octanol–water partition coefficient (Wildman–Crippen LogP) is 0.728. The van der Waals surface area contributed by atoms with Gasteiger partial charge in [-0.1, -0.05) is 0 Å². The number of ether oxygens (including phenoxy) is 1. The third kappa shape index (κ3) is 3.92. The molecule has 6 nitrogen and oxygen atoms in total. The second-order valence-electron chi connectivity index (χ2n) is 3.75. The molecular weight excluding hydrogens is 224 g/mol. The molecule has 3 N–H and O–H groups in total. The van der Waals surface area contributed by atoms with Crippen molar-refractivity contribution < 1.29 is 19.7 Å². The van der Waals surface area contributed by atoms with Gasteiger partial charge in [0.2, 0.25) is 5.88 Å². The number of aromatic nitrogens is 1. The summed E-state index contributed by atoms with van der Waals surface area (Å²) in [7, 11) is 0. The normalized spacial score (nSPS) is 13.8. The zero-order chi connectivity index (χ0) is 12.9. The number of hydrogen-bond acceptors (Lipinski definition) is 5. The molecule has 0 aromatic carbocycles. The first kappa shape index (κ1) is 13.2. The van der Waals surface area contributed by atoms with Crippen LogP contribution in [0.4, 0.5) is 5.69 Å². The topological polar surface area (TPSA) is 91.7 Å². The van der Waals surface area contributed by atoms with Gasteiger partial charge < -0.3 is 20.3 Å². The summed E-state index contributed by atoms with van der Waals surface area (Å²) in [5.41, 5.74) is -1.19. The molecule has 0 spiro atoms. The van der Waals surface area contributed by atoms with Gasteiger partial charge in [-0.05, 0) is 19.9 Å². The molecule has 0 fully saturated rings. The Labute approximate surface area is 99.3 Å². The minimum Gasteiger partial charge on any atom is -0.479 e. The molecule has 1 heterocycles. The fourth-order valence-electron chi connectivity index (χ4n) is 1.07. The summed E-state index contributed by atoms with van der Waals surface area (Å²) in [5, 5.41) is 21.0. The molecular formula is C11H16N2O4. The summed E-state index contributed by atoms with van der Waals surface area (Å²) in [6.07, 6.45) is 1.52. The zero-order valence-corrected chi connectivity index (χ0v) is 9.80. The molecule has 94 valence electrons. The molecule has 1 atom stereocenters. The minimum absolute atomic E-state index is 0.0992. The summed E-state index contributed by atoms with van der Waals surface area (Å²) in [4.78, 5) is 14.7. The number of aliphatic carboxylic acids is 1. The van der Waals surface area contributed by atoms with Gasteiger partial charge in [-0.25, -0.2) is 9.78 Å². The Bertz CT molecular complexity index is 376. The molecule has 0 amide bonds. The lowest BCUT2D eigenvalue weighted by Crippen LogP contribution is -2.41. The van der Waals surface area contributed by atoms with Crippen molar-refractivity contribution >= 4 is 11.7 Å². The Morgan fingerprint density at radius 1 is 1.59 bits per heavy atom. The van der Waals surface area contributed by atoms with E-state index in [0.717, 1.165) is 0 Å². The maximum Gasteiger partial charge on any atom is 0.337 e. The highest BCUT2D eigenvalue weighted by atomic mass is 16.5. The Morgan fingerprint density at radius 3 is 2.76 bits per heavy atom. The Morgan fingerprint density at radius 2 is 2.29 bits per heavy atom. The van der Waals surface area contributed by atoms with E-state index in [0.29, 0.717) is 18.2 Å². The van der Waals surface area contributed by atoms with Gasteiger partial charge in [0.15, 0.2) is 5.60 Å². The van der Waals surface area contributed by atoms with Crippen molar-refractivity contribution in [3.8, 4) is 5.88 Å². The number of nitrogens with zero attached hydrogens (tertiary/aromatic N) is 1. The Kier molecular flexibility index (Phi) is 4.28. The molecule has 0 radical (unpaired) electrons. The highest BCUT2D eigenvalue weighted by Gasteiger charge is 2.29. The number of rotatable bonds is 6. The van der Waals surface area contributed by atoms with Crippen molar-refractivity contribution in [2.75, 3.05) is 18.5 Å². The van der Waals surface area contributed by atoms with E-state index in [1.54, 1.807) is 12.1 Å². The van der Waals surface area contributed by atoms with E-state index in [4.69, 9.17) is 9.84 Å². The van der Waals surface area contributed by atoms with Crippen LogP contribution in [0.3, 0.4) is 0 Å². The smallest absolute Gasteiger partial charge is 0.337 e. The van der Waals surface area contributed by atoms with Gasteiger partial charge in [0.1, 0.15) is 0 Å². The van der Waals surface area contributed by atoms with Crippen LogP contribution in [0.2, 0.25) is 0 Å². The number of nitrogens with one attached hydrogen (secondary N) is 1. The third-order valence-corrected chi connectivity index (χ3v) is 2.13. The third-order valence-electron chi connectivity index (χ3n) is 2.13. The zero-order valence-electron chi connectivity index (χ0n) is 9.80. The minimum atomic E-state index is -1.81. The van der Waals surface area contributed by atoms with E-state index >= 15 is 0 Å². The number of pyridine rings is 1. The van der Waals surface area contributed by atoms with Gasteiger partial charge in [0.05, 0.1) is 25.0 Å². The van der Waals surface area contributed by atoms with Gasteiger partial charge in [0.25, 0.3) is 0 Å². The lowest BCUT2D eigenvalue weighted by Gasteiger charge is -2.18. The van der Waals surface area contributed by atoms with Crippen molar-refractivity contribution in [3.05, 3.63) is 18.3 Å². The second kappa shape index (κ2) is 5.49. The summed E-state index contributed by atoms with van der Waals surface area (Å²) in [6, 6.07) is 3.37. The molecule has 0 aliphatic carbocycles. The van der Waals surface area contributed by atoms with Crippen LogP contribution in [0, 0.1) is 0 Å². The van der Waals surface area contributed by atoms with Crippen molar-refractivity contribution in [2.45, 2.75) is 19.4 Å². The summed E-state index contributed by atoms with van der Waals surface area (Å²) in [6.45, 7) is 3.52. The van der Waals surface area contributed by atoms with E-state index in [1.165, 1.54) is 13.1 Å². The fraction of sp³-hybridized carbons (Fsp3) is 0.455. The second-order valence-corrected chi connectivity index (χ2v) is 3.75. The van der Waals surface area contributed by atoms with E-state index in [1.807, 2.05) is 6.92 Å². The van der Waals surface area contributed by atoms with Crippen LogP contribution >= 0.6 is 0 Å². The summed E-state index contributed by atoms with van der Waals surface area (Å²) < 4.78 is 5.16. The highest BCUT2D eigenvalue weighted by Crippen LogP contribution is 2.13. The largest absolute Gasteiger partial charge is 0.479 e. The maximum absolute atomic E-state index is 10.7. The van der Waals surface area contributed by atoms with Crippen LogP contribution < -0.4 is 10.1 Å². The number of carboxylic acid groups (broad SMARTS) is 1. The predicted molar refractivity (Wildman–Crippen MR) is 62.2 cm³/mol. The van der Waals surface area contributed by atoms with E-state index in [-0.39, 0.29) is 6.54 Å². The van der Waals surface area contributed by atoms with Crippen molar-refractivity contribution in [1.29, 1.82) is 0 Å². The first-order valence-corrected chi connectivity index (χ1v) is 5.24. The summed E-state index contributed by atoms with van der Waals surface area (Å²) >= 11 is 0. The van der Waals surface area contributed by atoms with Gasteiger partial charge in [-0.2, -0.15) is 0 Å². The molecule has 0 aliphatic rings. The van der Waals surface area contributed by atoms with Gasteiger partial charge in [-0.3, -0.25) is 0 Å². The molecule has 0 aliphatic heterocycles. The average molecular weight is 240 g/mol. The molecule has 0 bridgehead atoms. The Balaban J connectivity index is 2.55. The average Bonchev–Trinajstić information content (AvgIpc) is 2.28. The summed E-state index contributed by atoms with van der Waals surface area (Å²) in [5.74, 6) is -0.771. The van der Waals surface area contributed by atoms with Crippen LogP contribution in [-0.2, 0) is 4.79 Å². The van der Waals surface area contributed by atoms with Crippen molar-refractivity contribution in [1.82, 2.24) is 4.98 Å². The standard InChI is InChI=1S/C11H16N2O4/c1-3-17-9-5-4-8(6-12-9)13-7-11(2,16)10(14)15/h4-6,13,16H,3,7H2,1-2H3,(H,14,15). The molecule has 17 heavy (non-hydrogen) atoms. The van der Waals surface area contributed by atoms with Crippen LogP contribution in [0.15, 0.2) is 18.3 Å².